The second-order valence-electron chi connectivity index (χ2n) is 6.76. The number of nitrogens with one attached hydrogen (secondary N) is 1. The van der Waals surface area contributed by atoms with Crippen LogP contribution in [-0.2, 0) is 0 Å². The maximum absolute atomic E-state index is 11.1. The third kappa shape index (κ3) is 3.60. The number of rotatable bonds is 5. The molecular formula is C23H15N3O4S. The van der Waals surface area contributed by atoms with Crippen LogP contribution < -0.4 is 4.74 Å². The molecule has 31 heavy (non-hydrogen) atoms. The molecule has 2 heterocycles. The number of aromatic hydroxyl groups is 1. The third-order valence-electron chi connectivity index (χ3n) is 4.77. The Morgan fingerprint density at radius 2 is 1.94 bits per heavy atom. The molecule has 0 amide bonds. The molecule has 3 N–H and O–H groups in total. The van der Waals surface area contributed by atoms with Gasteiger partial charge in [-0.2, -0.15) is 0 Å². The number of aliphatic imine (C=N–C) groups is 1. The van der Waals surface area contributed by atoms with Gasteiger partial charge in [-0.15, -0.1) is 11.3 Å². The highest BCUT2D eigenvalue weighted by atomic mass is 32.1. The zero-order valence-corrected chi connectivity index (χ0v) is 16.8. The van der Waals surface area contributed by atoms with Crippen LogP contribution in [0.5, 0.6) is 17.4 Å². The molecule has 0 fully saturated rings. The quantitative estimate of drug-likeness (QED) is 0.310. The monoisotopic (exact) mass is 429 g/mol. The van der Waals surface area contributed by atoms with Gasteiger partial charge in [-0.05, 0) is 54.6 Å². The Hall–Kier alpha value is -4.17. The van der Waals surface area contributed by atoms with Gasteiger partial charge in [0, 0.05) is 11.6 Å². The second kappa shape index (κ2) is 7.58. The molecule has 0 saturated carbocycles. The number of carbonyl (C=O) groups is 1. The fourth-order valence-corrected chi connectivity index (χ4v) is 4.16. The van der Waals surface area contributed by atoms with Crippen molar-refractivity contribution in [1.82, 2.24) is 9.97 Å². The third-order valence-corrected chi connectivity index (χ3v) is 5.63. The van der Waals surface area contributed by atoms with Crippen LogP contribution in [0.1, 0.15) is 15.9 Å². The van der Waals surface area contributed by atoms with E-state index >= 15 is 0 Å². The van der Waals surface area contributed by atoms with Gasteiger partial charge in [-0.25, -0.2) is 9.78 Å². The van der Waals surface area contributed by atoms with Crippen LogP contribution >= 0.6 is 11.3 Å². The van der Waals surface area contributed by atoms with Crippen LogP contribution in [0.25, 0.3) is 21.1 Å². The van der Waals surface area contributed by atoms with E-state index in [0.717, 1.165) is 21.1 Å². The van der Waals surface area contributed by atoms with Crippen molar-refractivity contribution in [1.29, 1.82) is 0 Å². The van der Waals surface area contributed by atoms with Gasteiger partial charge in [-0.3, -0.25) is 4.99 Å². The van der Waals surface area contributed by atoms with E-state index < -0.39 is 5.97 Å². The van der Waals surface area contributed by atoms with Gasteiger partial charge in [0.2, 0.25) is 0 Å². The van der Waals surface area contributed by atoms with E-state index in [0.29, 0.717) is 22.7 Å². The predicted octanol–water partition coefficient (Wildman–Crippen LogP) is 5.72. The van der Waals surface area contributed by atoms with Crippen molar-refractivity contribution in [3.05, 3.63) is 77.3 Å². The van der Waals surface area contributed by atoms with Gasteiger partial charge in [-0.1, -0.05) is 6.07 Å². The first kappa shape index (κ1) is 18.8. The molecule has 0 saturated heterocycles. The summed E-state index contributed by atoms with van der Waals surface area (Å²) in [5, 5.41) is 20.3. The minimum Gasteiger partial charge on any atom is -0.494 e. The Labute approximate surface area is 179 Å². The average Bonchev–Trinajstić information content (AvgIpc) is 3.37. The number of thiazole rings is 1. The lowest BCUT2D eigenvalue weighted by Crippen LogP contribution is -1.95. The standard InChI is InChI=1S/C23H15N3O4S/c27-22-17(20-18(26-22)8-9-19-21(20)31-12-25-19)11-24-14-4-6-15(7-5-14)30-16-3-1-2-13(10-16)23(28)29/h1-12,26-27H,(H,28,29). The largest absolute Gasteiger partial charge is 0.494 e. The summed E-state index contributed by atoms with van der Waals surface area (Å²) in [5.41, 5.74) is 4.92. The Balaban J connectivity index is 1.40. The number of aromatic amines is 1. The van der Waals surface area contributed by atoms with Crippen molar-refractivity contribution < 1.29 is 19.7 Å². The minimum absolute atomic E-state index is 0.0536. The number of carboxylic acid groups (broad SMARTS) is 1. The summed E-state index contributed by atoms with van der Waals surface area (Å²) in [4.78, 5) is 22.9. The lowest BCUT2D eigenvalue weighted by atomic mass is 10.1. The Bertz CT molecular complexity index is 1450. The Morgan fingerprint density at radius 3 is 2.74 bits per heavy atom. The molecule has 0 aliphatic carbocycles. The van der Waals surface area contributed by atoms with Gasteiger partial charge in [0.05, 0.1) is 38.1 Å². The number of carboxylic acids is 1. The molecular weight excluding hydrogens is 414 g/mol. The van der Waals surface area contributed by atoms with E-state index in [1.807, 2.05) is 12.1 Å². The molecule has 0 unspecified atom stereocenters. The van der Waals surface area contributed by atoms with Crippen molar-refractivity contribution in [2.75, 3.05) is 0 Å². The molecule has 7 nitrogen and oxygen atoms in total. The van der Waals surface area contributed by atoms with Gasteiger partial charge in [0.1, 0.15) is 11.5 Å². The Morgan fingerprint density at radius 1 is 1.10 bits per heavy atom. The van der Waals surface area contributed by atoms with Crippen LogP contribution in [0.15, 0.2) is 71.2 Å². The van der Waals surface area contributed by atoms with Crippen LogP contribution in [0.4, 0.5) is 5.69 Å². The highest BCUT2D eigenvalue weighted by Gasteiger charge is 2.13. The normalized spacial score (nSPS) is 11.5. The van der Waals surface area contributed by atoms with Gasteiger partial charge in [0.15, 0.2) is 5.88 Å². The topological polar surface area (TPSA) is 108 Å². The van der Waals surface area contributed by atoms with Gasteiger partial charge in [0.25, 0.3) is 0 Å². The number of fused-ring (bicyclic) bond motifs is 3. The summed E-state index contributed by atoms with van der Waals surface area (Å²) < 4.78 is 6.71. The van der Waals surface area contributed by atoms with E-state index in [2.05, 4.69) is 15.0 Å². The smallest absolute Gasteiger partial charge is 0.335 e. The van der Waals surface area contributed by atoms with Crippen LogP contribution in [-0.4, -0.2) is 32.4 Å². The summed E-state index contributed by atoms with van der Waals surface area (Å²) in [5.74, 6) is 0.0421. The van der Waals surface area contributed by atoms with Crippen LogP contribution in [0.2, 0.25) is 0 Å². The van der Waals surface area contributed by atoms with E-state index in [4.69, 9.17) is 9.84 Å². The van der Waals surface area contributed by atoms with Crippen molar-refractivity contribution in [3.8, 4) is 17.4 Å². The molecule has 8 heteroatoms. The van der Waals surface area contributed by atoms with Gasteiger partial charge < -0.3 is 19.9 Å². The van der Waals surface area contributed by atoms with Crippen LogP contribution in [0.3, 0.4) is 0 Å². The van der Waals surface area contributed by atoms with Crippen molar-refractivity contribution in [2.24, 2.45) is 4.99 Å². The summed E-state index contributed by atoms with van der Waals surface area (Å²) >= 11 is 1.51. The predicted molar refractivity (Wildman–Crippen MR) is 120 cm³/mol. The SMILES string of the molecule is O=C(O)c1cccc(Oc2ccc(N=Cc3c(O)[nH]c4ccc5ncsc5c34)cc2)c1. The van der Waals surface area contributed by atoms with Crippen LogP contribution in [0, 0.1) is 0 Å². The number of ether oxygens (including phenoxy) is 1. The first-order chi connectivity index (χ1) is 15.1. The molecule has 5 rings (SSSR count). The zero-order chi connectivity index (χ0) is 21.4. The van der Waals surface area contributed by atoms with E-state index in [9.17, 15) is 9.90 Å². The highest BCUT2D eigenvalue weighted by Crippen LogP contribution is 2.34. The second-order valence-corrected chi connectivity index (χ2v) is 7.62. The Kier molecular flexibility index (Phi) is 4.61. The molecule has 5 aromatic rings. The van der Waals surface area contributed by atoms with Crippen molar-refractivity contribution in [3.63, 3.8) is 0 Å². The fourth-order valence-electron chi connectivity index (χ4n) is 3.31. The summed E-state index contributed by atoms with van der Waals surface area (Å²) in [6.45, 7) is 0. The number of hydrogen-bond donors (Lipinski definition) is 3. The van der Waals surface area contributed by atoms with E-state index in [1.54, 1.807) is 48.1 Å². The van der Waals surface area contributed by atoms with E-state index in [-0.39, 0.29) is 11.4 Å². The molecule has 152 valence electrons. The molecule has 0 spiro atoms. The number of hydrogen-bond acceptors (Lipinski definition) is 6. The fraction of sp³-hybridized carbons (Fsp3) is 0. The lowest BCUT2D eigenvalue weighted by Gasteiger charge is -2.06. The average molecular weight is 429 g/mol. The first-order valence-electron chi connectivity index (χ1n) is 9.31. The summed E-state index contributed by atoms with van der Waals surface area (Å²) in [6, 6.07) is 17.1. The molecule has 2 aromatic heterocycles. The van der Waals surface area contributed by atoms with Gasteiger partial charge >= 0.3 is 5.97 Å². The summed E-state index contributed by atoms with van der Waals surface area (Å²) in [6.07, 6.45) is 1.62. The maximum Gasteiger partial charge on any atom is 0.335 e. The molecule has 0 radical (unpaired) electrons. The maximum atomic E-state index is 11.1. The lowest BCUT2D eigenvalue weighted by molar-refractivity contribution is 0.0696. The molecule has 3 aromatic carbocycles. The van der Waals surface area contributed by atoms with Crippen molar-refractivity contribution >= 4 is 50.3 Å². The first-order valence-corrected chi connectivity index (χ1v) is 10.2. The molecule has 0 aliphatic rings. The number of aromatic carboxylic acids is 1. The molecule has 0 aliphatic heterocycles. The number of aromatic nitrogens is 2. The molecule has 0 bridgehead atoms. The summed E-state index contributed by atoms with van der Waals surface area (Å²) in [7, 11) is 0. The minimum atomic E-state index is -1.01. The zero-order valence-electron chi connectivity index (χ0n) is 15.9. The van der Waals surface area contributed by atoms with Crippen molar-refractivity contribution in [2.45, 2.75) is 0 Å². The number of H-pyrrole nitrogens is 1. The number of benzene rings is 3. The number of nitrogens with zero attached hydrogens (tertiary/aromatic N) is 2. The highest BCUT2D eigenvalue weighted by molar-refractivity contribution is 7.17. The molecule has 0 atom stereocenters. The van der Waals surface area contributed by atoms with E-state index in [1.165, 1.54) is 23.5 Å².